The summed E-state index contributed by atoms with van der Waals surface area (Å²) in [7, 11) is 0. The first-order chi connectivity index (χ1) is 9.19. The van der Waals surface area contributed by atoms with E-state index in [1.807, 2.05) is 24.3 Å². The van der Waals surface area contributed by atoms with Crippen LogP contribution in [-0.4, -0.2) is 31.1 Å². The number of benzene rings is 1. The summed E-state index contributed by atoms with van der Waals surface area (Å²) in [6, 6.07) is 8.06. The van der Waals surface area contributed by atoms with Crippen molar-refractivity contribution in [2.24, 2.45) is 17.6 Å². The van der Waals surface area contributed by atoms with Crippen molar-refractivity contribution in [3.8, 4) is 5.75 Å². The molecule has 0 saturated carbocycles. The fourth-order valence-electron chi connectivity index (χ4n) is 2.66. The minimum Gasteiger partial charge on any atom is -0.492 e. The Morgan fingerprint density at radius 2 is 2.26 bits per heavy atom. The van der Waals surface area contributed by atoms with Crippen molar-refractivity contribution in [3.63, 3.8) is 0 Å². The van der Waals surface area contributed by atoms with Crippen LogP contribution in [0.5, 0.6) is 5.75 Å². The van der Waals surface area contributed by atoms with Gasteiger partial charge >= 0.3 is 0 Å². The Kier molecular flexibility index (Phi) is 5.23. The SMILES string of the molecule is CC(C)C1CCN(CCOc2cccc(CN)c2)C1. The zero-order chi connectivity index (χ0) is 13.7. The van der Waals surface area contributed by atoms with Crippen LogP contribution in [0.4, 0.5) is 0 Å². The molecular formula is C16H26N2O. The van der Waals surface area contributed by atoms with Crippen LogP contribution < -0.4 is 10.5 Å². The second-order valence-electron chi connectivity index (χ2n) is 5.79. The molecule has 3 heteroatoms. The average Bonchev–Trinajstić information content (AvgIpc) is 2.88. The summed E-state index contributed by atoms with van der Waals surface area (Å²) in [5, 5.41) is 0. The minimum absolute atomic E-state index is 0.569. The van der Waals surface area contributed by atoms with Crippen LogP contribution in [0, 0.1) is 11.8 Å². The fraction of sp³-hybridized carbons (Fsp3) is 0.625. The zero-order valence-corrected chi connectivity index (χ0v) is 12.1. The number of nitrogens with zero attached hydrogens (tertiary/aromatic N) is 1. The van der Waals surface area contributed by atoms with Gasteiger partial charge in [-0.15, -0.1) is 0 Å². The largest absolute Gasteiger partial charge is 0.492 e. The first-order valence-corrected chi connectivity index (χ1v) is 7.33. The summed E-state index contributed by atoms with van der Waals surface area (Å²) >= 11 is 0. The predicted molar refractivity (Wildman–Crippen MR) is 79.2 cm³/mol. The topological polar surface area (TPSA) is 38.5 Å². The predicted octanol–water partition coefficient (Wildman–Crippen LogP) is 2.50. The van der Waals surface area contributed by atoms with E-state index >= 15 is 0 Å². The molecule has 0 aliphatic carbocycles. The van der Waals surface area contributed by atoms with Crippen molar-refractivity contribution in [1.29, 1.82) is 0 Å². The van der Waals surface area contributed by atoms with E-state index in [1.165, 1.54) is 19.5 Å². The summed E-state index contributed by atoms with van der Waals surface area (Å²) in [6.07, 6.45) is 1.33. The molecule has 3 nitrogen and oxygen atoms in total. The molecule has 0 spiro atoms. The van der Waals surface area contributed by atoms with Crippen LogP contribution in [0.2, 0.25) is 0 Å². The molecular weight excluding hydrogens is 236 g/mol. The Morgan fingerprint density at radius 3 is 2.95 bits per heavy atom. The minimum atomic E-state index is 0.569. The van der Waals surface area contributed by atoms with E-state index in [1.54, 1.807) is 0 Å². The van der Waals surface area contributed by atoms with Crippen molar-refractivity contribution >= 4 is 0 Å². The van der Waals surface area contributed by atoms with Crippen LogP contribution in [0.1, 0.15) is 25.8 Å². The van der Waals surface area contributed by atoms with Crippen molar-refractivity contribution < 1.29 is 4.74 Å². The second kappa shape index (κ2) is 6.92. The zero-order valence-electron chi connectivity index (χ0n) is 12.1. The first kappa shape index (κ1) is 14.4. The Hall–Kier alpha value is -1.06. The van der Waals surface area contributed by atoms with Crippen LogP contribution >= 0.6 is 0 Å². The Bertz CT molecular complexity index is 392. The van der Waals surface area contributed by atoms with Gasteiger partial charge in [-0.2, -0.15) is 0 Å². The maximum atomic E-state index is 5.81. The highest BCUT2D eigenvalue weighted by Gasteiger charge is 2.24. The van der Waals surface area contributed by atoms with Crippen molar-refractivity contribution in [2.75, 3.05) is 26.2 Å². The Labute approximate surface area is 116 Å². The highest BCUT2D eigenvalue weighted by molar-refractivity contribution is 5.28. The lowest BCUT2D eigenvalue weighted by Gasteiger charge is -2.18. The van der Waals surface area contributed by atoms with Gasteiger partial charge < -0.3 is 10.5 Å². The smallest absolute Gasteiger partial charge is 0.119 e. The van der Waals surface area contributed by atoms with Crippen molar-refractivity contribution in [1.82, 2.24) is 4.90 Å². The third-order valence-electron chi connectivity index (χ3n) is 4.06. The average molecular weight is 262 g/mol. The third-order valence-corrected chi connectivity index (χ3v) is 4.06. The summed E-state index contributed by atoms with van der Waals surface area (Å²) in [6.45, 7) is 9.44. The third kappa shape index (κ3) is 4.22. The van der Waals surface area contributed by atoms with E-state index in [2.05, 4.69) is 18.7 Å². The normalized spacial score (nSPS) is 20.1. The number of hydrogen-bond acceptors (Lipinski definition) is 3. The van der Waals surface area contributed by atoms with E-state index in [-0.39, 0.29) is 0 Å². The summed E-state index contributed by atoms with van der Waals surface area (Å²) in [5.41, 5.74) is 6.75. The number of nitrogens with two attached hydrogens (primary N) is 1. The number of likely N-dealkylation sites (tertiary alicyclic amines) is 1. The van der Waals surface area contributed by atoms with E-state index < -0.39 is 0 Å². The van der Waals surface area contributed by atoms with Gasteiger partial charge in [-0.1, -0.05) is 26.0 Å². The second-order valence-corrected chi connectivity index (χ2v) is 5.79. The molecule has 0 radical (unpaired) electrons. The Morgan fingerprint density at radius 1 is 1.42 bits per heavy atom. The molecule has 1 aliphatic rings. The van der Waals surface area contributed by atoms with E-state index in [9.17, 15) is 0 Å². The molecule has 1 atom stereocenters. The molecule has 19 heavy (non-hydrogen) atoms. The molecule has 1 aromatic rings. The van der Waals surface area contributed by atoms with E-state index in [4.69, 9.17) is 10.5 Å². The van der Waals surface area contributed by atoms with Gasteiger partial charge in [-0.3, -0.25) is 4.90 Å². The molecule has 1 aromatic carbocycles. The number of hydrogen-bond donors (Lipinski definition) is 1. The van der Waals surface area contributed by atoms with E-state index in [0.717, 1.165) is 36.3 Å². The molecule has 1 aliphatic heterocycles. The van der Waals surface area contributed by atoms with Gasteiger partial charge in [0.1, 0.15) is 12.4 Å². The highest BCUT2D eigenvalue weighted by atomic mass is 16.5. The molecule has 0 bridgehead atoms. The lowest BCUT2D eigenvalue weighted by Crippen LogP contribution is -2.27. The molecule has 2 N–H and O–H groups in total. The van der Waals surface area contributed by atoms with Crippen LogP contribution in [0.15, 0.2) is 24.3 Å². The van der Waals surface area contributed by atoms with Gasteiger partial charge in [0.05, 0.1) is 0 Å². The van der Waals surface area contributed by atoms with Gasteiger partial charge in [-0.05, 0) is 42.5 Å². The maximum absolute atomic E-state index is 5.81. The summed E-state index contributed by atoms with van der Waals surface area (Å²) < 4.78 is 5.81. The maximum Gasteiger partial charge on any atom is 0.119 e. The van der Waals surface area contributed by atoms with Crippen LogP contribution in [0.25, 0.3) is 0 Å². The lowest BCUT2D eigenvalue weighted by molar-refractivity contribution is 0.227. The van der Waals surface area contributed by atoms with E-state index in [0.29, 0.717) is 6.54 Å². The molecule has 1 fully saturated rings. The molecule has 1 saturated heterocycles. The molecule has 106 valence electrons. The molecule has 1 unspecified atom stereocenters. The monoisotopic (exact) mass is 262 g/mol. The van der Waals surface area contributed by atoms with Crippen molar-refractivity contribution in [2.45, 2.75) is 26.8 Å². The fourth-order valence-corrected chi connectivity index (χ4v) is 2.66. The van der Waals surface area contributed by atoms with Crippen LogP contribution in [-0.2, 0) is 6.54 Å². The van der Waals surface area contributed by atoms with Gasteiger partial charge in [0, 0.05) is 19.6 Å². The molecule has 0 amide bonds. The lowest BCUT2D eigenvalue weighted by atomic mass is 9.95. The summed E-state index contributed by atoms with van der Waals surface area (Å²) in [4.78, 5) is 2.51. The first-order valence-electron chi connectivity index (χ1n) is 7.33. The highest BCUT2D eigenvalue weighted by Crippen LogP contribution is 2.23. The quantitative estimate of drug-likeness (QED) is 0.856. The van der Waals surface area contributed by atoms with Gasteiger partial charge in [0.25, 0.3) is 0 Å². The van der Waals surface area contributed by atoms with Crippen LogP contribution in [0.3, 0.4) is 0 Å². The van der Waals surface area contributed by atoms with Gasteiger partial charge in [0.15, 0.2) is 0 Å². The molecule has 2 rings (SSSR count). The van der Waals surface area contributed by atoms with Gasteiger partial charge in [0.2, 0.25) is 0 Å². The molecule has 0 aromatic heterocycles. The van der Waals surface area contributed by atoms with Gasteiger partial charge in [-0.25, -0.2) is 0 Å². The number of rotatable bonds is 6. The molecule has 1 heterocycles. The number of ether oxygens (including phenoxy) is 1. The summed E-state index contributed by atoms with van der Waals surface area (Å²) in [5.74, 6) is 2.59. The standard InChI is InChI=1S/C16H26N2O/c1-13(2)15-6-7-18(12-15)8-9-19-16-5-3-4-14(10-16)11-17/h3-5,10,13,15H,6-9,11-12,17H2,1-2H3. The Balaban J connectivity index is 1.72. The van der Waals surface area contributed by atoms with Crippen molar-refractivity contribution in [3.05, 3.63) is 29.8 Å².